The third-order valence-corrected chi connectivity index (χ3v) is 3.40. The van der Waals surface area contributed by atoms with Crippen molar-refractivity contribution >= 4 is 5.83 Å². The van der Waals surface area contributed by atoms with Crippen molar-refractivity contribution in [1.82, 2.24) is 0 Å². The Balaban J connectivity index is 2.41. The van der Waals surface area contributed by atoms with Crippen molar-refractivity contribution in [2.24, 2.45) is 0 Å². The van der Waals surface area contributed by atoms with E-state index in [1.165, 1.54) is 0 Å². The Morgan fingerprint density at radius 2 is 1.50 bits per heavy atom. The molecule has 0 radical (unpaired) electrons. The van der Waals surface area contributed by atoms with E-state index in [1.54, 1.807) is 24.3 Å². The molecular weight excluding hydrogens is 330 g/mol. The summed E-state index contributed by atoms with van der Waals surface area (Å²) in [6, 6.07) is 8.54. The average Bonchev–Trinajstić information content (AvgIpc) is 2.45. The van der Waals surface area contributed by atoms with Gasteiger partial charge in [-0.2, -0.15) is 13.2 Å². The van der Waals surface area contributed by atoms with Crippen LogP contribution < -0.4 is 0 Å². The molecule has 2 aromatic carbocycles. The summed E-state index contributed by atoms with van der Waals surface area (Å²) >= 11 is 0. The first kappa shape index (κ1) is 18.1. The first-order chi connectivity index (χ1) is 11.2. The standard InChI is InChI=1S/C18H14F6/c1-2-3-11-4-6-12(7-5-11)13-8-14(19)17(15(20)9-13)16(21)10-18(22,23)24/h4-10H,2-3H2,1H3. The summed E-state index contributed by atoms with van der Waals surface area (Å²) in [6.45, 7) is 2.01. The second-order valence-corrected chi connectivity index (χ2v) is 5.30. The fourth-order valence-electron chi connectivity index (χ4n) is 2.34. The monoisotopic (exact) mass is 344 g/mol. The Morgan fingerprint density at radius 3 is 1.96 bits per heavy atom. The van der Waals surface area contributed by atoms with E-state index in [9.17, 15) is 26.3 Å². The van der Waals surface area contributed by atoms with E-state index in [0.29, 0.717) is 5.56 Å². The first-order valence-electron chi connectivity index (χ1n) is 7.25. The number of benzene rings is 2. The molecule has 128 valence electrons. The van der Waals surface area contributed by atoms with E-state index in [-0.39, 0.29) is 5.56 Å². The number of halogens is 6. The predicted molar refractivity (Wildman–Crippen MR) is 80.9 cm³/mol. The van der Waals surface area contributed by atoms with Gasteiger partial charge in [0.1, 0.15) is 17.5 Å². The van der Waals surface area contributed by atoms with E-state index in [0.717, 1.165) is 30.5 Å². The van der Waals surface area contributed by atoms with Crippen molar-refractivity contribution in [3.8, 4) is 11.1 Å². The number of hydrogen-bond acceptors (Lipinski definition) is 0. The van der Waals surface area contributed by atoms with E-state index in [1.807, 2.05) is 6.92 Å². The highest BCUT2D eigenvalue weighted by molar-refractivity contribution is 5.69. The predicted octanol–water partition coefficient (Wildman–Crippen LogP) is 6.46. The molecule has 0 unspecified atom stereocenters. The fourth-order valence-corrected chi connectivity index (χ4v) is 2.34. The van der Waals surface area contributed by atoms with Gasteiger partial charge in [-0.3, -0.25) is 0 Å². The van der Waals surface area contributed by atoms with Crippen LogP contribution in [0.15, 0.2) is 42.5 Å². The Morgan fingerprint density at radius 1 is 0.958 bits per heavy atom. The smallest absolute Gasteiger partial charge is 0.206 e. The zero-order chi connectivity index (χ0) is 17.9. The largest absolute Gasteiger partial charge is 0.412 e. The molecule has 0 spiro atoms. The number of hydrogen-bond donors (Lipinski definition) is 0. The normalized spacial score (nSPS) is 12.5. The molecule has 0 fully saturated rings. The molecule has 0 aliphatic rings. The second kappa shape index (κ2) is 7.11. The van der Waals surface area contributed by atoms with Crippen LogP contribution in [-0.4, -0.2) is 6.18 Å². The van der Waals surface area contributed by atoms with Crippen LogP contribution in [-0.2, 0) is 6.42 Å². The zero-order valence-corrected chi connectivity index (χ0v) is 12.7. The molecule has 0 aliphatic carbocycles. The highest BCUT2D eigenvalue weighted by Gasteiger charge is 2.27. The lowest BCUT2D eigenvalue weighted by atomic mass is 10.00. The first-order valence-corrected chi connectivity index (χ1v) is 7.25. The Hall–Kier alpha value is -2.24. The van der Waals surface area contributed by atoms with E-state index in [4.69, 9.17) is 0 Å². The number of rotatable bonds is 4. The maximum absolute atomic E-state index is 13.9. The van der Waals surface area contributed by atoms with Crippen molar-refractivity contribution in [2.45, 2.75) is 25.9 Å². The Bertz CT molecular complexity index is 718. The SMILES string of the molecule is CCCc1ccc(-c2cc(F)c(C(F)=CC(F)(F)F)c(F)c2)cc1. The lowest BCUT2D eigenvalue weighted by molar-refractivity contribution is -0.0798. The van der Waals surface area contributed by atoms with Crippen LogP contribution in [0.1, 0.15) is 24.5 Å². The second-order valence-electron chi connectivity index (χ2n) is 5.30. The minimum absolute atomic E-state index is 0.122. The quantitative estimate of drug-likeness (QED) is 0.559. The molecule has 24 heavy (non-hydrogen) atoms. The van der Waals surface area contributed by atoms with Gasteiger partial charge in [-0.15, -0.1) is 0 Å². The van der Waals surface area contributed by atoms with Crippen LogP contribution in [0.2, 0.25) is 0 Å². The van der Waals surface area contributed by atoms with Crippen LogP contribution in [0.5, 0.6) is 0 Å². The van der Waals surface area contributed by atoms with Crippen LogP contribution in [0.3, 0.4) is 0 Å². The molecule has 0 N–H and O–H groups in total. The summed E-state index contributed by atoms with van der Waals surface area (Å²) in [7, 11) is 0. The highest BCUT2D eigenvalue weighted by atomic mass is 19.4. The Kier molecular flexibility index (Phi) is 5.36. The molecule has 0 atom stereocenters. The fraction of sp³-hybridized carbons (Fsp3) is 0.222. The van der Waals surface area contributed by atoms with Crippen molar-refractivity contribution in [1.29, 1.82) is 0 Å². The van der Waals surface area contributed by atoms with E-state index >= 15 is 0 Å². The van der Waals surface area contributed by atoms with Crippen LogP contribution in [0.4, 0.5) is 26.3 Å². The van der Waals surface area contributed by atoms with Crippen molar-refractivity contribution < 1.29 is 26.3 Å². The summed E-state index contributed by atoms with van der Waals surface area (Å²) in [4.78, 5) is 0. The molecule has 0 aromatic heterocycles. The number of allylic oxidation sites excluding steroid dienone is 1. The van der Waals surface area contributed by atoms with Gasteiger partial charge in [-0.25, -0.2) is 13.2 Å². The van der Waals surface area contributed by atoms with Crippen molar-refractivity contribution in [3.63, 3.8) is 0 Å². The van der Waals surface area contributed by atoms with Crippen LogP contribution in [0, 0.1) is 11.6 Å². The lowest BCUT2D eigenvalue weighted by Crippen LogP contribution is -2.03. The number of alkyl halides is 3. The topological polar surface area (TPSA) is 0 Å². The Labute approximate surface area is 135 Å². The third kappa shape index (κ3) is 4.40. The average molecular weight is 344 g/mol. The van der Waals surface area contributed by atoms with Gasteiger partial charge >= 0.3 is 6.18 Å². The van der Waals surface area contributed by atoms with Gasteiger partial charge in [-0.05, 0) is 35.2 Å². The lowest BCUT2D eigenvalue weighted by Gasteiger charge is -2.09. The third-order valence-electron chi connectivity index (χ3n) is 3.40. The summed E-state index contributed by atoms with van der Waals surface area (Å²) in [5, 5.41) is 0. The van der Waals surface area contributed by atoms with Gasteiger partial charge in [0.25, 0.3) is 0 Å². The van der Waals surface area contributed by atoms with Gasteiger partial charge < -0.3 is 0 Å². The summed E-state index contributed by atoms with van der Waals surface area (Å²) < 4.78 is 77.8. The summed E-state index contributed by atoms with van der Waals surface area (Å²) in [5.41, 5.74) is 0.340. The summed E-state index contributed by atoms with van der Waals surface area (Å²) in [6.07, 6.45) is -3.97. The molecule has 6 heteroatoms. The maximum Gasteiger partial charge on any atom is 0.412 e. The number of aryl methyl sites for hydroxylation is 1. The van der Waals surface area contributed by atoms with Gasteiger partial charge in [0.2, 0.25) is 0 Å². The molecule has 0 saturated carbocycles. The molecule has 2 rings (SSSR count). The molecule has 0 amide bonds. The molecular formula is C18H14F6. The van der Waals surface area contributed by atoms with Crippen molar-refractivity contribution in [3.05, 3.63) is 65.2 Å². The van der Waals surface area contributed by atoms with Gasteiger partial charge in [0.05, 0.1) is 11.6 Å². The minimum Gasteiger partial charge on any atom is -0.206 e. The minimum atomic E-state index is -5.00. The van der Waals surface area contributed by atoms with E-state index < -0.39 is 35.3 Å². The summed E-state index contributed by atoms with van der Waals surface area (Å²) in [5.74, 6) is -4.77. The van der Waals surface area contributed by atoms with Gasteiger partial charge in [0.15, 0.2) is 0 Å². The van der Waals surface area contributed by atoms with E-state index in [2.05, 4.69) is 0 Å². The molecule has 2 aromatic rings. The molecule has 0 aliphatic heterocycles. The maximum atomic E-state index is 13.9. The van der Waals surface area contributed by atoms with Gasteiger partial charge in [-0.1, -0.05) is 37.6 Å². The zero-order valence-electron chi connectivity index (χ0n) is 12.7. The van der Waals surface area contributed by atoms with Crippen LogP contribution in [0.25, 0.3) is 17.0 Å². The van der Waals surface area contributed by atoms with Crippen molar-refractivity contribution in [2.75, 3.05) is 0 Å². The van der Waals surface area contributed by atoms with Crippen LogP contribution >= 0.6 is 0 Å². The molecule has 0 saturated heterocycles. The molecule has 0 heterocycles. The van der Waals surface area contributed by atoms with Gasteiger partial charge in [0, 0.05) is 0 Å². The highest BCUT2D eigenvalue weighted by Crippen LogP contribution is 2.31. The molecule has 0 nitrogen and oxygen atoms in total. The molecule has 0 bridgehead atoms.